The Balaban J connectivity index is 2.34. The summed E-state index contributed by atoms with van der Waals surface area (Å²) in [5.74, 6) is 0. The summed E-state index contributed by atoms with van der Waals surface area (Å²) in [4.78, 5) is 0. The molecule has 1 atom stereocenters. The molecule has 0 saturated heterocycles. The number of aromatic nitrogens is 3. The van der Waals surface area contributed by atoms with Gasteiger partial charge in [0.1, 0.15) is 0 Å². The van der Waals surface area contributed by atoms with Gasteiger partial charge in [-0.25, -0.2) is 0 Å². The Morgan fingerprint density at radius 1 is 1.77 bits per heavy atom. The van der Waals surface area contributed by atoms with Crippen molar-refractivity contribution < 1.29 is 0 Å². The first kappa shape index (κ1) is 9.92. The summed E-state index contributed by atoms with van der Waals surface area (Å²) in [6.45, 7) is 6.63. The van der Waals surface area contributed by atoms with Crippen molar-refractivity contribution in [3.63, 3.8) is 0 Å². The standard InChI is InChI=1S/C9H16N4/c1-4-5-8(2)10-6-9-7-11-12-13(9)3/h4,7-8,10H,1,5-6H2,2-3H3. The van der Waals surface area contributed by atoms with E-state index in [4.69, 9.17) is 0 Å². The Morgan fingerprint density at radius 3 is 3.08 bits per heavy atom. The lowest BCUT2D eigenvalue weighted by atomic mass is 10.2. The predicted octanol–water partition coefficient (Wildman–Crippen LogP) is 0.869. The zero-order valence-corrected chi connectivity index (χ0v) is 8.20. The lowest BCUT2D eigenvalue weighted by Gasteiger charge is -2.10. The van der Waals surface area contributed by atoms with E-state index >= 15 is 0 Å². The van der Waals surface area contributed by atoms with Gasteiger partial charge in [-0.15, -0.1) is 11.7 Å². The van der Waals surface area contributed by atoms with E-state index in [0.717, 1.165) is 18.7 Å². The van der Waals surface area contributed by atoms with E-state index < -0.39 is 0 Å². The number of hydrogen-bond donors (Lipinski definition) is 1. The highest BCUT2D eigenvalue weighted by molar-refractivity contribution is 4.93. The minimum Gasteiger partial charge on any atom is -0.308 e. The van der Waals surface area contributed by atoms with Gasteiger partial charge in [0.05, 0.1) is 11.9 Å². The second-order valence-electron chi connectivity index (χ2n) is 3.16. The molecule has 1 aromatic rings. The van der Waals surface area contributed by atoms with Gasteiger partial charge >= 0.3 is 0 Å². The summed E-state index contributed by atoms with van der Waals surface area (Å²) >= 11 is 0. The molecule has 72 valence electrons. The Kier molecular flexibility index (Phi) is 3.64. The average molecular weight is 180 g/mol. The third-order valence-corrected chi connectivity index (χ3v) is 1.96. The number of rotatable bonds is 5. The SMILES string of the molecule is C=CCC(C)NCc1cnnn1C. The molecule has 0 aliphatic rings. The number of nitrogens with zero attached hydrogens (tertiary/aromatic N) is 3. The monoisotopic (exact) mass is 180 g/mol. The van der Waals surface area contributed by atoms with Crippen molar-refractivity contribution in [2.24, 2.45) is 7.05 Å². The molecule has 0 aliphatic carbocycles. The Labute approximate surface area is 78.6 Å². The summed E-state index contributed by atoms with van der Waals surface area (Å²) in [7, 11) is 1.89. The molecule has 0 aromatic carbocycles. The van der Waals surface area contributed by atoms with Crippen LogP contribution in [0.25, 0.3) is 0 Å². The van der Waals surface area contributed by atoms with Gasteiger partial charge in [-0.1, -0.05) is 11.3 Å². The van der Waals surface area contributed by atoms with Crippen molar-refractivity contribution in [3.05, 3.63) is 24.5 Å². The molecule has 0 saturated carbocycles. The first-order valence-electron chi connectivity index (χ1n) is 4.42. The van der Waals surface area contributed by atoms with Crippen LogP contribution >= 0.6 is 0 Å². The highest BCUT2D eigenvalue weighted by Gasteiger charge is 2.01. The molecule has 0 fully saturated rings. The van der Waals surface area contributed by atoms with Crippen molar-refractivity contribution in [2.75, 3.05) is 0 Å². The highest BCUT2D eigenvalue weighted by atomic mass is 15.4. The molecule has 1 aromatic heterocycles. The molecule has 0 radical (unpaired) electrons. The van der Waals surface area contributed by atoms with Gasteiger partial charge in [-0.3, -0.25) is 4.68 Å². The zero-order chi connectivity index (χ0) is 9.68. The molecule has 13 heavy (non-hydrogen) atoms. The third-order valence-electron chi connectivity index (χ3n) is 1.96. The van der Waals surface area contributed by atoms with Crippen LogP contribution in [-0.4, -0.2) is 21.0 Å². The van der Waals surface area contributed by atoms with Crippen LogP contribution in [0, 0.1) is 0 Å². The molecular formula is C9H16N4. The predicted molar refractivity (Wildman–Crippen MR) is 52.1 cm³/mol. The fourth-order valence-electron chi connectivity index (χ4n) is 1.08. The number of nitrogens with one attached hydrogen (secondary N) is 1. The van der Waals surface area contributed by atoms with Crippen LogP contribution in [0.5, 0.6) is 0 Å². The minimum absolute atomic E-state index is 0.451. The second kappa shape index (κ2) is 4.77. The summed E-state index contributed by atoms with van der Waals surface area (Å²) in [6.07, 6.45) is 4.66. The smallest absolute Gasteiger partial charge is 0.0738 e. The summed E-state index contributed by atoms with van der Waals surface area (Å²) in [6, 6.07) is 0.451. The van der Waals surface area contributed by atoms with E-state index in [1.807, 2.05) is 13.1 Å². The van der Waals surface area contributed by atoms with Crippen molar-refractivity contribution in [1.29, 1.82) is 0 Å². The van der Waals surface area contributed by atoms with Gasteiger partial charge in [0.15, 0.2) is 0 Å². The number of aryl methyl sites for hydroxylation is 1. The van der Waals surface area contributed by atoms with E-state index in [0.29, 0.717) is 6.04 Å². The van der Waals surface area contributed by atoms with Gasteiger partial charge in [0.25, 0.3) is 0 Å². The molecule has 0 spiro atoms. The first-order valence-corrected chi connectivity index (χ1v) is 4.42. The first-order chi connectivity index (χ1) is 6.24. The lowest BCUT2D eigenvalue weighted by Crippen LogP contribution is -2.25. The maximum Gasteiger partial charge on any atom is 0.0738 e. The highest BCUT2D eigenvalue weighted by Crippen LogP contribution is 1.96. The van der Waals surface area contributed by atoms with Crippen LogP contribution in [0.3, 0.4) is 0 Å². The van der Waals surface area contributed by atoms with Gasteiger partial charge in [-0.05, 0) is 13.3 Å². The molecule has 4 nitrogen and oxygen atoms in total. The molecule has 1 heterocycles. The molecule has 0 amide bonds. The Morgan fingerprint density at radius 2 is 2.54 bits per heavy atom. The number of hydrogen-bond acceptors (Lipinski definition) is 3. The molecule has 1 unspecified atom stereocenters. The van der Waals surface area contributed by atoms with Gasteiger partial charge in [-0.2, -0.15) is 0 Å². The zero-order valence-electron chi connectivity index (χ0n) is 8.20. The van der Waals surface area contributed by atoms with Crippen LogP contribution in [-0.2, 0) is 13.6 Å². The van der Waals surface area contributed by atoms with Crippen molar-refractivity contribution in [2.45, 2.75) is 25.9 Å². The van der Waals surface area contributed by atoms with Crippen molar-refractivity contribution >= 4 is 0 Å². The van der Waals surface area contributed by atoms with Crippen LogP contribution in [0.1, 0.15) is 19.0 Å². The second-order valence-corrected chi connectivity index (χ2v) is 3.16. The molecule has 4 heteroatoms. The van der Waals surface area contributed by atoms with Crippen molar-refractivity contribution in [3.8, 4) is 0 Å². The summed E-state index contributed by atoms with van der Waals surface area (Å²) in [5, 5.41) is 11.0. The largest absolute Gasteiger partial charge is 0.308 e. The fraction of sp³-hybridized carbons (Fsp3) is 0.556. The van der Waals surface area contributed by atoms with Gasteiger partial charge in [0.2, 0.25) is 0 Å². The van der Waals surface area contributed by atoms with Crippen LogP contribution in [0.2, 0.25) is 0 Å². The molecule has 0 bridgehead atoms. The maximum absolute atomic E-state index is 3.85. The van der Waals surface area contributed by atoms with Gasteiger partial charge in [0, 0.05) is 19.6 Å². The van der Waals surface area contributed by atoms with Crippen molar-refractivity contribution in [1.82, 2.24) is 20.3 Å². The van der Waals surface area contributed by atoms with Crippen LogP contribution in [0.4, 0.5) is 0 Å². The minimum atomic E-state index is 0.451. The van der Waals surface area contributed by atoms with Gasteiger partial charge < -0.3 is 5.32 Å². The van der Waals surface area contributed by atoms with E-state index in [1.54, 1.807) is 10.9 Å². The Bertz CT molecular complexity index is 266. The van der Waals surface area contributed by atoms with E-state index in [9.17, 15) is 0 Å². The average Bonchev–Trinajstić information content (AvgIpc) is 2.48. The molecule has 0 aliphatic heterocycles. The van der Waals surface area contributed by atoms with Crippen LogP contribution in [0.15, 0.2) is 18.9 Å². The normalized spacial score (nSPS) is 12.8. The summed E-state index contributed by atoms with van der Waals surface area (Å²) in [5.41, 5.74) is 1.09. The van der Waals surface area contributed by atoms with E-state index in [1.165, 1.54) is 0 Å². The Hall–Kier alpha value is -1.16. The quantitative estimate of drug-likeness (QED) is 0.684. The topological polar surface area (TPSA) is 42.7 Å². The fourth-order valence-corrected chi connectivity index (χ4v) is 1.08. The van der Waals surface area contributed by atoms with E-state index in [-0.39, 0.29) is 0 Å². The molecule has 1 rings (SSSR count). The maximum atomic E-state index is 3.85. The third kappa shape index (κ3) is 2.99. The van der Waals surface area contributed by atoms with E-state index in [2.05, 4.69) is 29.1 Å². The molecular weight excluding hydrogens is 164 g/mol. The summed E-state index contributed by atoms with van der Waals surface area (Å²) < 4.78 is 1.77. The molecule has 1 N–H and O–H groups in total. The lowest BCUT2D eigenvalue weighted by molar-refractivity contribution is 0.531. The van der Waals surface area contributed by atoms with Crippen LogP contribution < -0.4 is 5.32 Å².